The van der Waals surface area contributed by atoms with Crippen molar-refractivity contribution < 1.29 is 14.3 Å². The number of aromatic nitrogens is 5. The average Bonchev–Trinajstić information content (AvgIpc) is 3.26. The maximum Gasteiger partial charge on any atom is 0.247 e. The number of para-hydroxylation sites is 1. The molecule has 0 spiro atoms. The van der Waals surface area contributed by atoms with Gasteiger partial charge in [0.15, 0.2) is 0 Å². The molecule has 0 atom stereocenters. The fourth-order valence-electron chi connectivity index (χ4n) is 2.95. The van der Waals surface area contributed by atoms with E-state index in [1.165, 1.54) is 12.4 Å². The largest absolute Gasteiger partial charge is 0.491 e. The maximum absolute atomic E-state index is 11.7. The van der Waals surface area contributed by atoms with Crippen molar-refractivity contribution in [2.45, 2.75) is 0 Å². The lowest BCUT2D eigenvalue weighted by atomic mass is 10.2. The summed E-state index contributed by atoms with van der Waals surface area (Å²) in [5, 5.41) is 5.90. The van der Waals surface area contributed by atoms with E-state index in [-0.39, 0.29) is 5.91 Å². The molecule has 2 aromatic heterocycles. The van der Waals surface area contributed by atoms with Crippen LogP contribution in [0, 0.1) is 0 Å². The Bertz CT molecular complexity index is 1240. The Morgan fingerprint density at radius 3 is 2.75 bits per heavy atom. The zero-order valence-corrected chi connectivity index (χ0v) is 17.4. The second-order valence-electron chi connectivity index (χ2n) is 6.58. The number of methoxy groups -OCH3 is 1. The lowest BCUT2D eigenvalue weighted by Crippen LogP contribution is -2.08. The van der Waals surface area contributed by atoms with Gasteiger partial charge in [0, 0.05) is 12.8 Å². The van der Waals surface area contributed by atoms with Crippen LogP contribution in [0.5, 0.6) is 5.75 Å². The molecule has 0 unspecified atom stereocenters. The predicted molar refractivity (Wildman–Crippen MR) is 120 cm³/mol. The summed E-state index contributed by atoms with van der Waals surface area (Å²) in [5.74, 6) is 1.19. The summed E-state index contributed by atoms with van der Waals surface area (Å²) in [6, 6.07) is 12.9. The average molecular weight is 431 g/mol. The number of fused-ring (bicyclic) bond motifs is 1. The molecule has 0 aliphatic rings. The van der Waals surface area contributed by atoms with Gasteiger partial charge < -0.3 is 20.1 Å². The quantitative estimate of drug-likeness (QED) is 0.307. The molecule has 32 heavy (non-hydrogen) atoms. The van der Waals surface area contributed by atoms with Gasteiger partial charge >= 0.3 is 0 Å². The van der Waals surface area contributed by atoms with Gasteiger partial charge in [-0.05, 0) is 42.5 Å². The van der Waals surface area contributed by atoms with E-state index < -0.39 is 0 Å². The fourth-order valence-corrected chi connectivity index (χ4v) is 2.95. The molecule has 4 rings (SSSR count). The van der Waals surface area contributed by atoms with Gasteiger partial charge in [0.25, 0.3) is 0 Å². The minimum absolute atomic E-state index is 0.311. The molecular formula is C22H21N7O3. The number of hydrogen-bond donors (Lipinski definition) is 2. The second kappa shape index (κ2) is 9.67. The molecule has 10 heteroatoms. The molecule has 0 fully saturated rings. The first-order chi connectivity index (χ1) is 15.7. The first kappa shape index (κ1) is 20.9. The summed E-state index contributed by atoms with van der Waals surface area (Å²) in [6.45, 7) is 4.48. The van der Waals surface area contributed by atoms with Crippen molar-refractivity contribution in [1.29, 1.82) is 0 Å². The Kier molecular flexibility index (Phi) is 6.33. The van der Waals surface area contributed by atoms with Crippen LogP contribution >= 0.6 is 0 Å². The Morgan fingerprint density at radius 2 is 1.97 bits per heavy atom. The number of imidazole rings is 1. The first-order valence-electron chi connectivity index (χ1n) is 9.75. The molecule has 0 radical (unpaired) electrons. The number of benzene rings is 2. The predicted octanol–water partition coefficient (Wildman–Crippen LogP) is 3.10. The summed E-state index contributed by atoms with van der Waals surface area (Å²) >= 11 is 0. The van der Waals surface area contributed by atoms with E-state index in [9.17, 15) is 4.79 Å². The molecule has 2 N–H and O–H groups in total. The molecule has 0 saturated heterocycles. The Labute approximate surface area is 184 Å². The van der Waals surface area contributed by atoms with Gasteiger partial charge in [-0.25, -0.2) is 15.0 Å². The molecule has 4 aromatic rings. The first-order valence-corrected chi connectivity index (χ1v) is 9.75. The molecule has 0 bridgehead atoms. The lowest BCUT2D eigenvalue weighted by Gasteiger charge is -2.09. The molecule has 162 valence electrons. The van der Waals surface area contributed by atoms with E-state index in [0.29, 0.717) is 36.3 Å². The summed E-state index contributed by atoms with van der Waals surface area (Å²) in [7, 11) is 1.63. The third-order valence-corrected chi connectivity index (χ3v) is 4.46. The van der Waals surface area contributed by atoms with Gasteiger partial charge in [0.05, 0.1) is 17.8 Å². The van der Waals surface area contributed by atoms with Crippen LogP contribution < -0.4 is 15.4 Å². The molecule has 0 aliphatic carbocycles. The minimum atomic E-state index is -0.311. The number of carbonyl (C=O) groups excluding carboxylic acids is 1. The van der Waals surface area contributed by atoms with Gasteiger partial charge in [0.1, 0.15) is 30.5 Å². The summed E-state index contributed by atoms with van der Waals surface area (Å²) < 4.78 is 12.3. The highest BCUT2D eigenvalue weighted by atomic mass is 16.5. The van der Waals surface area contributed by atoms with E-state index in [1.54, 1.807) is 24.1 Å². The number of anilines is 3. The SMILES string of the molecule is C=CC(=O)Nc1cccc2c1ncn2-c1ncnc(Nc2ccc(OCCOC)cc2)n1. The van der Waals surface area contributed by atoms with E-state index >= 15 is 0 Å². The van der Waals surface area contributed by atoms with Crippen molar-refractivity contribution in [2.75, 3.05) is 31.0 Å². The van der Waals surface area contributed by atoms with Crippen LogP contribution in [0.3, 0.4) is 0 Å². The van der Waals surface area contributed by atoms with Gasteiger partial charge in [-0.2, -0.15) is 4.98 Å². The van der Waals surface area contributed by atoms with Crippen LogP contribution in [-0.2, 0) is 9.53 Å². The van der Waals surface area contributed by atoms with Gasteiger partial charge in [-0.3, -0.25) is 9.36 Å². The number of nitrogens with zero attached hydrogens (tertiary/aromatic N) is 5. The number of carbonyl (C=O) groups is 1. The second-order valence-corrected chi connectivity index (χ2v) is 6.58. The highest BCUT2D eigenvalue weighted by Crippen LogP contribution is 2.24. The van der Waals surface area contributed by atoms with Gasteiger partial charge in [-0.15, -0.1) is 0 Å². The number of ether oxygens (including phenoxy) is 2. The Hall–Kier alpha value is -4.31. The van der Waals surface area contributed by atoms with Crippen LogP contribution in [0.25, 0.3) is 17.0 Å². The minimum Gasteiger partial charge on any atom is -0.491 e. The number of rotatable bonds is 9. The fraction of sp³-hybridized carbons (Fsp3) is 0.136. The molecule has 0 saturated carbocycles. The highest BCUT2D eigenvalue weighted by Gasteiger charge is 2.12. The van der Waals surface area contributed by atoms with E-state index in [4.69, 9.17) is 9.47 Å². The zero-order valence-electron chi connectivity index (χ0n) is 17.4. The maximum atomic E-state index is 11.7. The third-order valence-electron chi connectivity index (χ3n) is 4.46. The lowest BCUT2D eigenvalue weighted by molar-refractivity contribution is -0.111. The summed E-state index contributed by atoms with van der Waals surface area (Å²) in [4.78, 5) is 29.0. The molecule has 0 aliphatic heterocycles. The molecular weight excluding hydrogens is 410 g/mol. The Balaban J connectivity index is 1.54. The molecule has 1 amide bonds. The Morgan fingerprint density at radius 1 is 1.12 bits per heavy atom. The van der Waals surface area contributed by atoms with Crippen LogP contribution in [0.2, 0.25) is 0 Å². The monoisotopic (exact) mass is 431 g/mol. The van der Waals surface area contributed by atoms with Crippen LogP contribution in [-0.4, -0.2) is 50.7 Å². The normalized spacial score (nSPS) is 10.7. The summed E-state index contributed by atoms with van der Waals surface area (Å²) in [5.41, 5.74) is 2.72. The van der Waals surface area contributed by atoms with Crippen molar-refractivity contribution in [3.63, 3.8) is 0 Å². The highest BCUT2D eigenvalue weighted by molar-refractivity contribution is 6.04. The van der Waals surface area contributed by atoms with Crippen LogP contribution in [0.15, 0.2) is 67.8 Å². The van der Waals surface area contributed by atoms with Crippen LogP contribution in [0.4, 0.5) is 17.3 Å². The van der Waals surface area contributed by atoms with Gasteiger partial charge in [-0.1, -0.05) is 12.6 Å². The topological polar surface area (TPSA) is 116 Å². The standard InChI is InChI=1S/C22H21N7O3/c1-3-19(30)27-17-5-4-6-18-20(17)25-14-29(18)22-24-13-23-21(28-22)26-15-7-9-16(10-8-15)32-12-11-31-2/h3-10,13-14H,1,11-12H2,2H3,(H,27,30)(H,23,24,26,28). The molecule has 10 nitrogen and oxygen atoms in total. The third kappa shape index (κ3) is 4.71. The molecule has 2 aromatic carbocycles. The number of hydrogen-bond acceptors (Lipinski definition) is 8. The van der Waals surface area contributed by atoms with Crippen molar-refractivity contribution in [2.24, 2.45) is 0 Å². The van der Waals surface area contributed by atoms with E-state index in [1.807, 2.05) is 36.4 Å². The van der Waals surface area contributed by atoms with Crippen molar-refractivity contribution in [3.05, 3.63) is 67.8 Å². The van der Waals surface area contributed by atoms with Crippen molar-refractivity contribution in [3.8, 4) is 11.7 Å². The molecule has 2 heterocycles. The number of amides is 1. The van der Waals surface area contributed by atoms with E-state index in [0.717, 1.165) is 17.0 Å². The van der Waals surface area contributed by atoms with Crippen LogP contribution in [0.1, 0.15) is 0 Å². The van der Waals surface area contributed by atoms with Gasteiger partial charge in [0.2, 0.25) is 17.8 Å². The van der Waals surface area contributed by atoms with E-state index in [2.05, 4.69) is 37.1 Å². The van der Waals surface area contributed by atoms with Crippen molar-refractivity contribution in [1.82, 2.24) is 24.5 Å². The van der Waals surface area contributed by atoms with Crippen molar-refractivity contribution >= 4 is 34.3 Å². The zero-order chi connectivity index (χ0) is 22.3. The summed E-state index contributed by atoms with van der Waals surface area (Å²) in [6.07, 6.45) is 4.22. The smallest absolute Gasteiger partial charge is 0.247 e. The number of nitrogens with one attached hydrogen (secondary N) is 2.